The van der Waals surface area contributed by atoms with Gasteiger partial charge >= 0.3 is 0 Å². The summed E-state index contributed by atoms with van der Waals surface area (Å²) in [6, 6.07) is 0. The van der Waals surface area contributed by atoms with Crippen LogP contribution < -0.4 is 5.73 Å². The standard InChI is InChI=1S/C14H24N6O2/c1-2-3-4-19(5-6-21)7-11(22)8-20-10-18-12-13(15)16-9-17-14(12)20/h9-11,21-22H,2-8H2,1H3,(H2,15,16,17). The van der Waals surface area contributed by atoms with E-state index in [2.05, 4.69) is 26.8 Å². The van der Waals surface area contributed by atoms with E-state index < -0.39 is 6.10 Å². The maximum absolute atomic E-state index is 10.3. The van der Waals surface area contributed by atoms with Gasteiger partial charge in [-0.2, -0.15) is 0 Å². The molecule has 122 valence electrons. The highest BCUT2D eigenvalue weighted by atomic mass is 16.3. The van der Waals surface area contributed by atoms with E-state index in [4.69, 9.17) is 10.8 Å². The lowest BCUT2D eigenvalue weighted by molar-refractivity contribution is 0.0874. The maximum atomic E-state index is 10.3. The fourth-order valence-corrected chi connectivity index (χ4v) is 2.43. The molecule has 0 aromatic carbocycles. The Morgan fingerprint density at radius 3 is 2.86 bits per heavy atom. The second-order valence-electron chi connectivity index (χ2n) is 5.36. The SMILES string of the molecule is CCCCN(CCO)CC(O)Cn1cnc2c(N)ncnc21. The molecule has 0 aliphatic carbocycles. The zero-order valence-electron chi connectivity index (χ0n) is 12.9. The van der Waals surface area contributed by atoms with Crippen molar-refractivity contribution in [1.29, 1.82) is 0 Å². The highest BCUT2D eigenvalue weighted by molar-refractivity contribution is 5.81. The first-order valence-electron chi connectivity index (χ1n) is 7.58. The van der Waals surface area contributed by atoms with E-state index in [0.29, 0.717) is 36.6 Å². The van der Waals surface area contributed by atoms with Crippen LogP contribution >= 0.6 is 0 Å². The highest BCUT2D eigenvalue weighted by Gasteiger charge is 2.14. The minimum absolute atomic E-state index is 0.0915. The largest absolute Gasteiger partial charge is 0.395 e. The average molecular weight is 308 g/mol. The number of aliphatic hydroxyl groups excluding tert-OH is 2. The van der Waals surface area contributed by atoms with Crippen molar-refractivity contribution in [3.8, 4) is 0 Å². The van der Waals surface area contributed by atoms with Crippen LogP contribution in [-0.2, 0) is 6.54 Å². The topological polar surface area (TPSA) is 113 Å². The number of hydrogen-bond acceptors (Lipinski definition) is 7. The Hall–Kier alpha value is -1.77. The third-order valence-electron chi connectivity index (χ3n) is 3.55. The summed E-state index contributed by atoms with van der Waals surface area (Å²) in [5, 5.41) is 19.4. The van der Waals surface area contributed by atoms with Gasteiger partial charge < -0.3 is 20.5 Å². The van der Waals surface area contributed by atoms with Crippen molar-refractivity contribution in [3.05, 3.63) is 12.7 Å². The molecule has 0 aliphatic heterocycles. The Bertz CT molecular complexity index is 588. The lowest BCUT2D eigenvalue weighted by Gasteiger charge is -2.24. The Labute approximate surface area is 129 Å². The average Bonchev–Trinajstić information content (AvgIpc) is 2.89. The number of nitrogens with zero attached hydrogens (tertiary/aromatic N) is 5. The van der Waals surface area contributed by atoms with Gasteiger partial charge in [0.15, 0.2) is 11.5 Å². The molecule has 1 atom stereocenters. The Morgan fingerprint density at radius 1 is 1.32 bits per heavy atom. The minimum Gasteiger partial charge on any atom is -0.395 e. The van der Waals surface area contributed by atoms with Crippen LogP contribution in [0.3, 0.4) is 0 Å². The zero-order valence-corrected chi connectivity index (χ0v) is 12.9. The number of rotatable bonds is 9. The summed E-state index contributed by atoms with van der Waals surface area (Å²) in [5.41, 5.74) is 6.92. The number of aromatic nitrogens is 4. The number of aliphatic hydroxyl groups is 2. The molecular weight excluding hydrogens is 284 g/mol. The molecule has 0 spiro atoms. The van der Waals surface area contributed by atoms with Crippen LogP contribution in [0, 0.1) is 0 Å². The molecule has 2 heterocycles. The number of anilines is 1. The lowest BCUT2D eigenvalue weighted by atomic mass is 10.2. The number of imidazole rings is 1. The fraction of sp³-hybridized carbons (Fsp3) is 0.643. The van der Waals surface area contributed by atoms with Crippen molar-refractivity contribution in [2.75, 3.05) is 32.0 Å². The monoisotopic (exact) mass is 308 g/mol. The molecule has 2 aromatic heterocycles. The maximum Gasteiger partial charge on any atom is 0.165 e. The summed E-state index contributed by atoms with van der Waals surface area (Å²) in [7, 11) is 0. The van der Waals surface area contributed by atoms with Crippen molar-refractivity contribution in [1.82, 2.24) is 24.4 Å². The van der Waals surface area contributed by atoms with Crippen molar-refractivity contribution in [3.63, 3.8) is 0 Å². The highest BCUT2D eigenvalue weighted by Crippen LogP contribution is 2.14. The number of fused-ring (bicyclic) bond motifs is 1. The molecule has 0 saturated carbocycles. The summed E-state index contributed by atoms with van der Waals surface area (Å²) in [6.45, 7) is 4.52. The van der Waals surface area contributed by atoms with Gasteiger partial charge in [0.25, 0.3) is 0 Å². The van der Waals surface area contributed by atoms with Gasteiger partial charge in [-0.3, -0.25) is 4.90 Å². The summed E-state index contributed by atoms with van der Waals surface area (Å²) in [5.74, 6) is 0.336. The summed E-state index contributed by atoms with van der Waals surface area (Å²) < 4.78 is 1.77. The number of hydrogen-bond donors (Lipinski definition) is 3. The summed E-state index contributed by atoms with van der Waals surface area (Å²) in [6.07, 6.45) is 4.56. The molecular formula is C14H24N6O2. The Morgan fingerprint density at radius 2 is 2.14 bits per heavy atom. The van der Waals surface area contributed by atoms with Crippen LogP contribution in [0.2, 0.25) is 0 Å². The molecule has 0 fully saturated rings. The number of nitrogens with two attached hydrogens (primary N) is 1. The first-order chi connectivity index (χ1) is 10.7. The van der Waals surface area contributed by atoms with E-state index in [1.807, 2.05) is 0 Å². The van der Waals surface area contributed by atoms with E-state index >= 15 is 0 Å². The van der Waals surface area contributed by atoms with Crippen LogP contribution in [0.4, 0.5) is 5.82 Å². The molecule has 2 aromatic rings. The van der Waals surface area contributed by atoms with Gasteiger partial charge in [0.2, 0.25) is 0 Å². The second kappa shape index (κ2) is 8.02. The molecule has 2 rings (SSSR count). The van der Waals surface area contributed by atoms with Gasteiger partial charge in [-0.25, -0.2) is 15.0 Å². The smallest absolute Gasteiger partial charge is 0.165 e. The summed E-state index contributed by atoms with van der Waals surface area (Å²) in [4.78, 5) is 14.3. The molecule has 22 heavy (non-hydrogen) atoms. The normalized spacial score (nSPS) is 13.1. The van der Waals surface area contributed by atoms with Gasteiger partial charge in [-0.05, 0) is 13.0 Å². The van der Waals surface area contributed by atoms with Crippen LogP contribution in [0.1, 0.15) is 19.8 Å². The van der Waals surface area contributed by atoms with Gasteiger partial charge in [0.05, 0.1) is 25.6 Å². The van der Waals surface area contributed by atoms with Crippen molar-refractivity contribution < 1.29 is 10.2 Å². The first kappa shape index (κ1) is 16.6. The van der Waals surface area contributed by atoms with Crippen LogP contribution in [0.15, 0.2) is 12.7 Å². The van der Waals surface area contributed by atoms with Crippen LogP contribution in [-0.4, -0.2) is 67.0 Å². The van der Waals surface area contributed by atoms with Gasteiger partial charge in [-0.15, -0.1) is 0 Å². The lowest BCUT2D eigenvalue weighted by Crippen LogP contribution is -2.37. The van der Waals surface area contributed by atoms with E-state index in [9.17, 15) is 5.11 Å². The Kier molecular flexibility index (Phi) is 6.05. The molecule has 0 bridgehead atoms. The fourth-order valence-electron chi connectivity index (χ4n) is 2.43. The molecule has 0 amide bonds. The molecule has 0 aliphatic rings. The van der Waals surface area contributed by atoms with Crippen molar-refractivity contribution >= 4 is 17.0 Å². The van der Waals surface area contributed by atoms with Crippen LogP contribution in [0.5, 0.6) is 0 Å². The zero-order chi connectivity index (χ0) is 15.9. The van der Waals surface area contributed by atoms with Gasteiger partial charge in [-0.1, -0.05) is 13.3 Å². The summed E-state index contributed by atoms with van der Waals surface area (Å²) >= 11 is 0. The quantitative estimate of drug-likeness (QED) is 0.591. The molecule has 0 radical (unpaired) electrons. The van der Waals surface area contributed by atoms with E-state index in [1.165, 1.54) is 6.33 Å². The second-order valence-corrected chi connectivity index (χ2v) is 5.36. The molecule has 8 nitrogen and oxygen atoms in total. The predicted molar refractivity (Wildman–Crippen MR) is 84.2 cm³/mol. The molecule has 4 N–H and O–H groups in total. The third kappa shape index (κ3) is 4.12. The van der Waals surface area contributed by atoms with Gasteiger partial charge in [0.1, 0.15) is 11.8 Å². The Balaban J connectivity index is 2.00. The van der Waals surface area contributed by atoms with Gasteiger partial charge in [0, 0.05) is 13.1 Å². The van der Waals surface area contributed by atoms with E-state index in [0.717, 1.165) is 19.4 Å². The number of unbranched alkanes of at least 4 members (excludes halogenated alkanes) is 1. The van der Waals surface area contributed by atoms with Crippen molar-refractivity contribution in [2.24, 2.45) is 0 Å². The minimum atomic E-state index is -0.572. The third-order valence-corrected chi connectivity index (χ3v) is 3.55. The number of nitrogen functional groups attached to an aromatic ring is 1. The molecule has 0 saturated heterocycles. The van der Waals surface area contributed by atoms with Crippen molar-refractivity contribution in [2.45, 2.75) is 32.4 Å². The molecule has 8 heteroatoms. The van der Waals surface area contributed by atoms with Crippen LogP contribution in [0.25, 0.3) is 11.2 Å². The molecule has 1 unspecified atom stereocenters. The predicted octanol–water partition coefficient (Wildman–Crippen LogP) is -0.136. The van der Waals surface area contributed by atoms with E-state index in [-0.39, 0.29) is 6.61 Å². The first-order valence-corrected chi connectivity index (χ1v) is 7.58. The van der Waals surface area contributed by atoms with E-state index in [1.54, 1.807) is 10.9 Å².